The van der Waals surface area contributed by atoms with Crippen LogP contribution in [0.4, 0.5) is 13.2 Å². The maximum absolute atomic E-state index is 12.8. The first kappa shape index (κ1) is 23.8. The second-order valence-electron chi connectivity index (χ2n) is 6.99. The van der Waals surface area contributed by atoms with E-state index in [0.717, 1.165) is 12.1 Å². The van der Waals surface area contributed by atoms with Gasteiger partial charge in [0.2, 0.25) is 5.91 Å². The van der Waals surface area contributed by atoms with Crippen LogP contribution in [-0.2, 0) is 23.9 Å². The number of carbonyl (C=O) groups excluding carboxylic acids is 1. The van der Waals surface area contributed by atoms with Crippen molar-refractivity contribution in [2.75, 3.05) is 14.2 Å². The number of aromatic amines is 1. The van der Waals surface area contributed by atoms with Crippen molar-refractivity contribution < 1.29 is 27.4 Å². The molecule has 0 fully saturated rings. The van der Waals surface area contributed by atoms with Gasteiger partial charge in [-0.15, -0.1) is 10.2 Å². The average Bonchev–Trinajstić information content (AvgIpc) is 2.81. The molecule has 0 saturated heterocycles. The Labute approximate surface area is 186 Å². The number of hydrogen-bond donors (Lipinski definition) is 2. The number of benzene rings is 2. The van der Waals surface area contributed by atoms with Gasteiger partial charge in [-0.1, -0.05) is 12.1 Å². The first-order chi connectivity index (χ1) is 15.7. The minimum absolute atomic E-state index is 0.0168. The number of nitrogens with one attached hydrogen (secondary N) is 2. The van der Waals surface area contributed by atoms with Crippen LogP contribution in [0.15, 0.2) is 47.3 Å². The molecule has 0 bridgehead atoms. The fourth-order valence-corrected chi connectivity index (χ4v) is 3.02. The molecular weight excluding hydrogens is 441 g/mol. The maximum Gasteiger partial charge on any atom is 0.416 e. The van der Waals surface area contributed by atoms with Gasteiger partial charge in [-0.3, -0.25) is 9.59 Å². The second kappa shape index (κ2) is 10.2. The third-order valence-corrected chi connectivity index (χ3v) is 4.75. The number of aryl methyl sites for hydroxylation is 1. The quantitative estimate of drug-likeness (QED) is 0.533. The summed E-state index contributed by atoms with van der Waals surface area (Å²) in [7, 11) is 2.99. The molecule has 33 heavy (non-hydrogen) atoms. The van der Waals surface area contributed by atoms with Crippen LogP contribution in [-0.4, -0.2) is 35.3 Å². The van der Waals surface area contributed by atoms with E-state index in [1.165, 1.54) is 26.4 Å². The Bertz CT molecular complexity index is 1190. The Morgan fingerprint density at radius 2 is 1.82 bits per heavy atom. The predicted molar refractivity (Wildman–Crippen MR) is 113 cm³/mol. The van der Waals surface area contributed by atoms with Crippen molar-refractivity contribution in [2.24, 2.45) is 0 Å². The number of methoxy groups -OCH3 is 2. The summed E-state index contributed by atoms with van der Waals surface area (Å²) in [6, 6.07) is 9.68. The molecule has 0 spiro atoms. The summed E-state index contributed by atoms with van der Waals surface area (Å²) in [6.07, 6.45) is -4.52. The van der Waals surface area contributed by atoms with Crippen molar-refractivity contribution >= 4 is 5.91 Å². The molecule has 0 saturated carbocycles. The van der Waals surface area contributed by atoms with Crippen LogP contribution in [0.2, 0.25) is 0 Å². The van der Waals surface area contributed by atoms with Crippen molar-refractivity contribution in [1.29, 1.82) is 0 Å². The van der Waals surface area contributed by atoms with Crippen LogP contribution in [0, 0.1) is 0 Å². The third-order valence-electron chi connectivity index (χ3n) is 4.75. The largest absolute Gasteiger partial charge is 0.493 e. The third kappa shape index (κ3) is 6.09. The van der Waals surface area contributed by atoms with Crippen LogP contribution in [0.25, 0.3) is 11.4 Å². The SMILES string of the molecule is COc1ccc(-c2nnc(CCC(=O)NCc3cccc(C(F)(F)F)c3)c(=O)[nH]2)cc1OC. The molecule has 1 heterocycles. The fourth-order valence-electron chi connectivity index (χ4n) is 3.02. The Morgan fingerprint density at radius 1 is 1.06 bits per heavy atom. The number of alkyl halides is 3. The highest BCUT2D eigenvalue weighted by atomic mass is 19.4. The smallest absolute Gasteiger partial charge is 0.416 e. The molecule has 1 amide bonds. The Balaban J connectivity index is 1.60. The lowest BCUT2D eigenvalue weighted by atomic mass is 10.1. The highest BCUT2D eigenvalue weighted by Crippen LogP contribution is 2.31. The molecule has 11 heteroatoms. The summed E-state index contributed by atoms with van der Waals surface area (Å²) in [4.78, 5) is 27.1. The van der Waals surface area contributed by atoms with Gasteiger partial charge in [0.15, 0.2) is 17.3 Å². The zero-order valence-electron chi connectivity index (χ0n) is 17.8. The van der Waals surface area contributed by atoms with Gasteiger partial charge in [0, 0.05) is 24.9 Å². The van der Waals surface area contributed by atoms with Crippen molar-refractivity contribution in [3.8, 4) is 22.9 Å². The van der Waals surface area contributed by atoms with Crippen LogP contribution in [0.5, 0.6) is 11.5 Å². The molecule has 174 valence electrons. The van der Waals surface area contributed by atoms with E-state index < -0.39 is 23.2 Å². The van der Waals surface area contributed by atoms with Gasteiger partial charge in [0.25, 0.3) is 5.56 Å². The number of carbonyl (C=O) groups is 1. The first-order valence-corrected chi connectivity index (χ1v) is 9.82. The fraction of sp³-hybridized carbons (Fsp3) is 0.273. The number of H-pyrrole nitrogens is 1. The van der Waals surface area contributed by atoms with E-state index in [1.54, 1.807) is 18.2 Å². The van der Waals surface area contributed by atoms with E-state index in [4.69, 9.17) is 9.47 Å². The van der Waals surface area contributed by atoms with Gasteiger partial charge in [0.1, 0.15) is 5.69 Å². The van der Waals surface area contributed by atoms with Crippen molar-refractivity contribution in [3.05, 3.63) is 69.6 Å². The molecule has 0 aliphatic heterocycles. The monoisotopic (exact) mass is 462 g/mol. The zero-order chi connectivity index (χ0) is 24.0. The topological polar surface area (TPSA) is 106 Å². The summed E-state index contributed by atoms with van der Waals surface area (Å²) >= 11 is 0. The van der Waals surface area contributed by atoms with Crippen LogP contribution in [0.3, 0.4) is 0 Å². The molecule has 0 aliphatic carbocycles. The number of hydrogen-bond acceptors (Lipinski definition) is 6. The highest BCUT2D eigenvalue weighted by molar-refractivity contribution is 5.76. The standard InChI is InChI=1S/C22H21F3N4O4/c1-32-17-8-6-14(11-18(17)33-2)20-27-21(31)16(28-29-20)7-9-19(30)26-12-13-4-3-5-15(10-13)22(23,24)25/h3-6,8,10-11H,7,9,12H2,1-2H3,(H,26,30)(H,27,29,31). The van der Waals surface area contributed by atoms with Crippen molar-refractivity contribution in [3.63, 3.8) is 0 Å². The van der Waals surface area contributed by atoms with Crippen LogP contribution in [0.1, 0.15) is 23.2 Å². The van der Waals surface area contributed by atoms with Gasteiger partial charge in [-0.25, -0.2) is 0 Å². The predicted octanol–water partition coefficient (Wildman–Crippen LogP) is 3.12. The molecule has 0 unspecified atom stereocenters. The van der Waals surface area contributed by atoms with Crippen LogP contribution >= 0.6 is 0 Å². The van der Waals surface area contributed by atoms with E-state index in [0.29, 0.717) is 22.6 Å². The number of aromatic nitrogens is 3. The van der Waals surface area contributed by atoms with E-state index >= 15 is 0 Å². The van der Waals surface area contributed by atoms with E-state index in [2.05, 4.69) is 20.5 Å². The summed E-state index contributed by atoms with van der Waals surface area (Å²) in [5.74, 6) is 0.764. The average molecular weight is 462 g/mol. The molecule has 0 atom stereocenters. The highest BCUT2D eigenvalue weighted by Gasteiger charge is 2.30. The van der Waals surface area contributed by atoms with Crippen LogP contribution < -0.4 is 20.3 Å². The van der Waals surface area contributed by atoms with E-state index in [1.807, 2.05) is 0 Å². The molecule has 0 aliphatic rings. The first-order valence-electron chi connectivity index (χ1n) is 9.82. The van der Waals surface area contributed by atoms with Crippen molar-refractivity contribution in [1.82, 2.24) is 20.5 Å². The lowest BCUT2D eigenvalue weighted by Gasteiger charge is -2.10. The molecule has 3 rings (SSSR count). The van der Waals surface area contributed by atoms with Gasteiger partial charge in [-0.2, -0.15) is 13.2 Å². The minimum Gasteiger partial charge on any atom is -0.493 e. The molecule has 0 radical (unpaired) electrons. The number of amides is 1. The lowest BCUT2D eigenvalue weighted by Crippen LogP contribution is -2.25. The normalized spacial score (nSPS) is 11.2. The maximum atomic E-state index is 12.8. The second-order valence-corrected chi connectivity index (χ2v) is 6.99. The van der Waals surface area contributed by atoms with Crippen molar-refractivity contribution in [2.45, 2.75) is 25.6 Å². The summed E-state index contributed by atoms with van der Waals surface area (Å²) in [6.45, 7) is -0.0664. The van der Waals surface area contributed by atoms with Gasteiger partial charge >= 0.3 is 6.18 Å². The Kier molecular flexibility index (Phi) is 7.31. The molecule has 2 aromatic carbocycles. The summed E-state index contributed by atoms with van der Waals surface area (Å²) < 4.78 is 48.7. The molecule has 1 aromatic heterocycles. The van der Waals surface area contributed by atoms with E-state index in [-0.39, 0.29) is 30.9 Å². The number of ether oxygens (including phenoxy) is 2. The minimum atomic E-state index is -4.46. The van der Waals surface area contributed by atoms with Gasteiger partial charge in [-0.05, 0) is 35.9 Å². The number of halogens is 3. The Hall–Kier alpha value is -3.89. The molecule has 8 nitrogen and oxygen atoms in total. The van der Waals surface area contributed by atoms with Gasteiger partial charge < -0.3 is 19.8 Å². The number of rotatable bonds is 8. The number of nitrogens with zero attached hydrogens (tertiary/aromatic N) is 2. The summed E-state index contributed by atoms with van der Waals surface area (Å²) in [5.41, 5.74) is -0.350. The Morgan fingerprint density at radius 3 is 2.48 bits per heavy atom. The molecule has 2 N–H and O–H groups in total. The lowest BCUT2D eigenvalue weighted by molar-refractivity contribution is -0.137. The molecule has 3 aromatic rings. The molecular formula is C22H21F3N4O4. The van der Waals surface area contributed by atoms with Gasteiger partial charge in [0.05, 0.1) is 19.8 Å². The summed E-state index contributed by atoms with van der Waals surface area (Å²) in [5, 5.41) is 10.5. The zero-order valence-corrected chi connectivity index (χ0v) is 17.8. The van der Waals surface area contributed by atoms with E-state index in [9.17, 15) is 22.8 Å².